The summed E-state index contributed by atoms with van der Waals surface area (Å²) in [6, 6.07) is 49.9. The Morgan fingerprint density at radius 3 is 1.76 bits per heavy atom. The van der Waals surface area contributed by atoms with Crippen molar-refractivity contribution in [3.8, 4) is 0 Å². The van der Waals surface area contributed by atoms with Crippen molar-refractivity contribution in [3.63, 3.8) is 0 Å². The highest BCUT2D eigenvalue weighted by atomic mass is 16.3. The molecule has 4 heterocycles. The molecule has 4 heteroatoms. The zero-order valence-corrected chi connectivity index (χ0v) is 26.8. The van der Waals surface area contributed by atoms with Crippen molar-refractivity contribution in [1.29, 1.82) is 0 Å². The molecule has 1 unspecified atom stereocenters. The van der Waals surface area contributed by atoms with Gasteiger partial charge in [-0.1, -0.05) is 104 Å². The van der Waals surface area contributed by atoms with Gasteiger partial charge >= 0.3 is 0 Å². The normalized spacial score (nSPS) is 15.0. The Morgan fingerprint density at radius 2 is 1.10 bits per heavy atom. The SMILES string of the molecule is CCC1=C(n2c3cc4ccccc4cc3c3cc4ccccc4cc32)c2oc3ccccc3c2NC1c1cccc2c1oc1ccccc12. The second-order valence-electron chi connectivity index (χ2n) is 13.2. The second-order valence-corrected chi connectivity index (χ2v) is 13.2. The van der Waals surface area contributed by atoms with E-state index in [2.05, 4.69) is 144 Å². The van der Waals surface area contributed by atoms with E-state index in [0.717, 1.165) is 62.0 Å². The third kappa shape index (κ3) is 3.69. The predicted octanol–water partition coefficient (Wildman–Crippen LogP) is 12.6. The number of para-hydroxylation sites is 3. The fraction of sp³-hybridized carbons (Fsp3) is 0.0667. The van der Waals surface area contributed by atoms with Crippen LogP contribution in [0.3, 0.4) is 0 Å². The number of furan rings is 2. The van der Waals surface area contributed by atoms with Gasteiger partial charge in [-0.05, 0) is 76.0 Å². The Labute approximate surface area is 281 Å². The Bertz CT molecular complexity index is 2930. The summed E-state index contributed by atoms with van der Waals surface area (Å²) in [5.74, 6) is 0.867. The van der Waals surface area contributed by atoms with Crippen molar-refractivity contribution in [2.75, 3.05) is 5.32 Å². The number of aromatic nitrogens is 1. The Balaban J connectivity index is 1.31. The van der Waals surface area contributed by atoms with E-state index >= 15 is 0 Å². The van der Waals surface area contributed by atoms with E-state index in [9.17, 15) is 0 Å². The van der Waals surface area contributed by atoms with Crippen molar-refractivity contribution < 1.29 is 8.83 Å². The Morgan fingerprint density at radius 1 is 0.551 bits per heavy atom. The van der Waals surface area contributed by atoms with Gasteiger partial charge in [0, 0.05) is 32.5 Å². The van der Waals surface area contributed by atoms with Crippen LogP contribution in [0.2, 0.25) is 0 Å². The van der Waals surface area contributed by atoms with Crippen LogP contribution in [0.4, 0.5) is 5.69 Å². The quantitative estimate of drug-likeness (QED) is 0.211. The van der Waals surface area contributed by atoms with Crippen LogP contribution >= 0.6 is 0 Å². The lowest BCUT2D eigenvalue weighted by molar-refractivity contribution is 0.588. The topological polar surface area (TPSA) is 43.2 Å². The predicted molar refractivity (Wildman–Crippen MR) is 203 cm³/mol. The molecular formula is C45H30N2O2. The lowest BCUT2D eigenvalue weighted by Crippen LogP contribution is -2.22. The number of anilines is 1. The lowest BCUT2D eigenvalue weighted by Gasteiger charge is -2.31. The highest BCUT2D eigenvalue weighted by Gasteiger charge is 2.35. The summed E-state index contributed by atoms with van der Waals surface area (Å²) in [7, 11) is 0. The number of nitrogens with one attached hydrogen (secondary N) is 1. The molecule has 1 aliphatic rings. The molecule has 11 rings (SSSR count). The van der Waals surface area contributed by atoms with E-state index in [0.29, 0.717) is 0 Å². The molecule has 1 atom stereocenters. The number of hydrogen-bond donors (Lipinski definition) is 1. The molecule has 3 aromatic heterocycles. The molecule has 7 aromatic carbocycles. The van der Waals surface area contributed by atoms with Crippen LogP contribution < -0.4 is 5.32 Å². The first kappa shape index (κ1) is 26.8. The number of benzene rings is 7. The second kappa shape index (κ2) is 9.88. The molecule has 0 fully saturated rings. The van der Waals surface area contributed by atoms with Gasteiger partial charge in [0.15, 0.2) is 5.76 Å². The van der Waals surface area contributed by atoms with E-state index in [1.54, 1.807) is 0 Å². The van der Waals surface area contributed by atoms with Gasteiger partial charge < -0.3 is 18.7 Å². The van der Waals surface area contributed by atoms with Gasteiger partial charge in [0.05, 0.1) is 28.5 Å². The molecule has 49 heavy (non-hydrogen) atoms. The number of rotatable bonds is 3. The summed E-state index contributed by atoms with van der Waals surface area (Å²) in [6.45, 7) is 2.26. The summed E-state index contributed by atoms with van der Waals surface area (Å²) >= 11 is 0. The monoisotopic (exact) mass is 630 g/mol. The van der Waals surface area contributed by atoms with E-state index in [1.165, 1.54) is 48.9 Å². The standard InChI is InChI=1S/C45H30N2O2/c1-2-30-41(34-19-11-18-32-31-16-7-9-20-39(31)48-44(32)34)46-42-33-17-8-10-21-40(33)49-45(42)43(30)47-37-24-28-14-5-3-12-26(28)22-35(37)36-23-27-13-4-6-15-29(27)25-38(36)47/h3-25,41,46H,2H2,1H3. The van der Waals surface area contributed by atoms with Crippen LogP contribution in [0.15, 0.2) is 154 Å². The summed E-state index contributed by atoms with van der Waals surface area (Å²) in [5, 5.41) is 14.7. The molecule has 0 saturated heterocycles. The number of nitrogens with zero attached hydrogens (tertiary/aromatic N) is 1. The van der Waals surface area contributed by atoms with Crippen LogP contribution in [0.5, 0.6) is 0 Å². The molecule has 0 amide bonds. The summed E-state index contributed by atoms with van der Waals surface area (Å²) in [4.78, 5) is 0. The summed E-state index contributed by atoms with van der Waals surface area (Å²) in [6.07, 6.45) is 0.808. The summed E-state index contributed by atoms with van der Waals surface area (Å²) in [5.41, 5.74) is 9.50. The molecular weight excluding hydrogens is 601 g/mol. The molecule has 0 bridgehead atoms. The number of fused-ring (bicyclic) bond motifs is 11. The smallest absolute Gasteiger partial charge is 0.175 e. The number of hydrogen-bond acceptors (Lipinski definition) is 3. The zero-order valence-electron chi connectivity index (χ0n) is 26.8. The van der Waals surface area contributed by atoms with Crippen molar-refractivity contribution in [2.45, 2.75) is 19.4 Å². The molecule has 0 aliphatic carbocycles. The largest absolute Gasteiger partial charge is 0.456 e. The molecule has 0 saturated carbocycles. The van der Waals surface area contributed by atoms with Crippen LogP contribution in [0.1, 0.15) is 30.7 Å². The van der Waals surface area contributed by atoms with Crippen LogP contribution in [-0.2, 0) is 0 Å². The van der Waals surface area contributed by atoms with E-state index in [4.69, 9.17) is 8.83 Å². The first-order valence-corrected chi connectivity index (χ1v) is 17.0. The molecule has 4 nitrogen and oxygen atoms in total. The first-order valence-electron chi connectivity index (χ1n) is 17.0. The first-order chi connectivity index (χ1) is 24.2. The Hall–Kier alpha value is -6.26. The maximum absolute atomic E-state index is 6.89. The fourth-order valence-corrected chi connectivity index (χ4v) is 8.38. The minimum absolute atomic E-state index is 0.147. The minimum Gasteiger partial charge on any atom is -0.456 e. The fourth-order valence-electron chi connectivity index (χ4n) is 8.38. The third-order valence-electron chi connectivity index (χ3n) is 10.6. The van der Waals surface area contributed by atoms with Crippen molar-refractivity contribution in [3.05, 3.63) is 156 Å². The van der Waals surface area contributed by atoms with Crippen molar-refractivity contribution in [1.82, 2.24) is 4.57 Å². The maximum Gasteiger partial charge on any atom is 0.175 e. The maximum atomic E-state index is 6.89. The molecule has 1 N–H and O–H groups in total. The highest BCUT2D eigenvalue weighted by Crippen LogP contribution is 2.51. The highest BCUT2D eigenvalue weighted by molar-refractivity contribution is 6.18. The zero-order chi connectivity index (χ0) is 32.2. The van der Waals surface area contributed by atoms with Gasteiger partial charge in [-0.15, -0.1) is 0 Å². The average molecular weight is 631 g/mol. The minimum atomic E-state index is -0.147. The molecule has 1 aliphatic heterocycles. The van der Waals surface area contributed by atoms with Crippen LogP contribution in [0, 0.1) is 0 Å². The molecule has 10 aromatic rings. The molecule has 0 spiro atoms. The van der Waals surface area contributed by atoms with Gasteiger partial charge in [0.1, 0.15) is 16.7 Å². The lowest BCUT2D eigenvalue weighted by atomic mass is 9.89. The summed E-state index contributed by atoms with van der Waals surface area (Å²) < 4.78 is 16.0. The molecule has 232 valence electrons. The molecule has 0 radical (unpaired) electrons. The van der Waals surface area contributed by atoms with Gasteiger partial charge in [-0.25, -0.2) is 0 Å². The van der Waals surface area contributed by atoms with E-state index in [-0.39, 0.29) is 6.04 Å². The Kier molecular flexibility index (Phi) is 5.40. The van der Waals surface area contributed by atoms with Gasteiger partial charge in [-0.3, -0.25) is 0 Å². The van der Waals surface area contributed by atoms with Gasteiger partial charge in [-0.2, -0.15) is 0 Å². The van der Waals surface area contributed by atoms with E-state index < -0.39 is 0 Å². The van der Waals surface area contributed by atoms with Gasteiger partial charge in [0.25, 0.3) is 0 Å². The third-order valence-corrected chi connectivity index (χ3v) is 10.6. The van der Waals surface area contributed by atoms with Gasteiger partial charge in [0.2, 0.25) is 0 Å². The van der Waals surface area contributed by atoms with Crippen molar-refractivity contribution in [2.24, 2.45) is 0 Å². The van der Waals surface area contributed by atoms with Crippen LogP contribution in [-0.4, -0.2) is 4.57 Å². The van der Waals surface area contributed by atoms with Crippen LogP contribution in [0.25, 0.3) is 82.0 Å². The average Bonchev–Trinajstić information content (AvgIpc) is 3.81. The van der Waals surface area contributed by atoms with Crippen molar-refractivity contribution >= 4 is 87.6 Å². The van der Waals surface area contributed by atoms with E-state index in [1.807, 2.05) is 12.1 Å².